The fraction of sp³-hybridized carbons (Fsp3) is 0.333. The molecule has 5 rings (SSSR count). The number of carbonyl (C=O) groups excluding carboxylic acids is 1. The van der Waals surface area contributed by atoms with E-state index >= 15 is 0 Å². The van der Waals surface area contributed by atoms with Crippen molar-refractivity contribution >= 4 is 22.8 Å². The molecule has 2 aliphatic rings. The van der Waals surface area contributed by atoms with Gasteiger partial charge in [0.2, 0.25) is 12.7 Å². The Morgan fingerprint density at radius 2 is 1.90 bits per heavy atom. The van der Waals surface area contributed by atoms with Crippen molar-refractivity contribution in [1.29, 1.82) is 0 Å². The van der Waals surface area contributed by atoms with Crippen molar-refractivity contribution in [3.8, 4) is 11.5 Å². The first-order chi connectivity index (χ1) is 14.1. The second-order valence-corrected chi connectivity index (χ2v) is 7.34. The van der Waals surface area contributed by atoms with Crippen LogP contribution in [0.4, 0.5) is 10.5 Å². The summed E-state index contributed by atoms with van der Waals surface area (Å²) in [7, 11) is 0. The predicted molar refractivity (Wildman–Crippen MR) is 107 cm³/mol. The maximum atomic E-state index is 12.6. The van der Waals surface area contributed by atoms with Crippen LogP contribution in [0, 0.1) is 6.92 Å². The first kappa shape index (κ1) is 17.8. The van der Waals surface area contributed by atoms with E-state index in [4.69, 9.17) is 13.9 Å². The summed E-state index contributed by atoms with van der Waals surface area (Å²) >= 11 is 0. The van der Waals surface area contributed by atoms with Gasteiger partial charge in [-0.1, -0.05) is 6.07 Å². The number of ether oxygens (including phenoxy) is 2. The molecule has 2 aromatic carbocycles. The number of aryl methyl sites for hydroxylation is 1. The number of benzene rings is 2. The third kappa shape index (κ3) is 3.71. The van der Waals surface area contributed by atoms with Gasteiger partial charge in [0.25, 0.3) is 0 Å². The summed E-state index contributed by atoms with van der Waals surface area (Å²) in [5.41, 5.74) is 3.56. The molecule has 29 heavy (non-hydrogen) atoms. The molecule has 0 unspecified atom stereocenters. The fourth-order valence-corrected chi connectivity index (χ4v) is 3.62. The highest BCUT2D eigenvalue weighted by atomic mass is 16.7. The average molecular weight is 394 g/mol. The Kier molecular flexibility index (Phi) is 4.48. The van der Waals surface area contributed by atoms with Crippen LogP contribution in [-0.4, -0.2) is 53.8 Å². The van der Waals surface area contributed by atoms with E-state index in [0.29, 0.717) is 42.7 Å². The number of aromatic nitrogens is 1. The minimum atomic E-state index is -0.110. The third-order valence-corrected chi connectivity index (χ3v) is 5.23. The van der Waals surface area contributed by atoms with Gasteiger partial charge in [-0.05, 0) is 36.8 Å². The lowest BCUT2D eigenvalue weighted by atomic mass is 10.2. The Hall–Kier alpha value is -3.26. The van der Waals surface area contributed by atoms with Crippen LogP contribution >= 0.6 is 0 Å². The lowest BCUT2D eigenvalue weighted by Gasteiger charge is -2.34. The molecule has 150 valence electrons. The van der Waals surface area contributed by atoms with Gasteiger partial charge in [-0.15, -0.1) is 0 Å². The number of amides is 2. The van der Waals surface area contributed by atoms with Crippen molar-refractivity contribution in [2.24, 2.45) is 0 Å². The third-order valence-electron chi connectivity index (χ3n) is 5.23. The molecule has 0 saturated carbocycles. The molecule has 1 N–H and O–H groups in total. The first-order valence-electron chi connectivity index (χ1n) is 9.68. The highest BCUT2D eigenvalue weighted by molar-refractivity contribution is 5.89. The topological polar surface area (TPSA) is 80.1 Å². The van der Waals surface area contributed by atoms with Crippen molar-refractivity contribution in [2.75, 3.05) is 38.3 Å². The Balaban J connectivity index is 1.16. The Morgan fingerprint density at radius 1 is 1.07 bits per heavy atom. The summed E-state index contributed by atoms with van der Waals surface area (Å²) in [6, 6.07) is 11.3. The fourth-order valence-electron chi connectivity index (χ4n) is 3.62. The second kappa shape index (κ2) is 7.29. The van der Waals surface area contributed by atoms with Gasteiger partial charge in [0.1, 0.15) is 5.52 Å². The molecular weight excluding hydrogens is 372 g/mol. The van der Waals surface area contributed by atoms with Crippen molar-refractivity contribution < 1.29 is 18.7 Å². The number of anilines is 1. The van der Waals surface area contributed by atoms with Crippen molar-refractivity contribution in [3.05, 3.63) is 47.9 Å². The van der Waals surface area contributed by atoms with Gasteiger partial charge in [0.05, 0.1) is 6.54 Å². The largest absolute Gasteiger partial charge is 0.454 e. The van der Waals surface area contributed by atoms with Gasteiger partial charge < -0.3 is 24.1 Å². The van der Waals surface area contributed by atoms with Crippen LogP contribution in [0.15, 0.2) is 40.8 Å². The Morgan fingerprint density at radius 3 is 2.76 bits per heavy atom. The monoisotopic (exact) mass is 394 g/mol. The maximum absolute atomic E-state index is 12.6. The number of urea groups is 1. The zero-order valence-corrected chi connectivity index (χ0v) is 16.2. The van der Waals surface area contributed by atoms with Gasteiger partial charge in [-0.2, -0.15) is 0 Å². The molecule has 3 aromatic rings. The zero-order valence-electron chi connectivity index (χ0n) is 16.2. The minimum absolute atomic E-state index is 0.110. The van der Waals surface area contributed by atoms with Crippen molar-refractivity contribution in [2.45, 2.75) is 13.5 Å². The van der Waals surface area contributed by atoms with E-state index in [9.17, 15) is 4.79 Å². The molecule has 0 radical (unpaired) electrons. The maximum Gasteiger partial charge on any atom is 0.321 e. The second-order valence-electron chi connectivity index (χ2n) is 7.34. The van der Waals surface area contributed by atoms with E-state index in [0.717, 1.165) is 29.8 Å². The summed E-state index contributed by atoms with van der Waals surface area (Å²) in [4.78, 5) is 21.2. The van der Waals surface area contributed by atoms with Crippen LogP contribution in [0.3, 0.4) is 0 Å². The van der Waals surface area contributed by atoms with Crippen LogP contribution < -0.4 is 14.8 Å². The van der Waals surface area contributed by atoms with E-state index < -0.39 is 0 Å². The first-order valence-corrected chi connectivity index (χ1v) is 9.68. The van der Waals surface area contributed by atoms with Crippen LogP contribution in [0.1, 0.15) is 11.5 Å². The summed E-state index contributed by atoms with van der Waals surface area (Å²) < 4.78 is 16.5. The summed E-state index contributed by atoms with van der Waals surface area (Å²) in [5, 5.41) is 2.93. The number of piperazine rings is 1. The van der Waals surface area contributed by atoms with Crippen LogP contribution in [0.25, 0.3) is 11.1 Å². The molecule has 1 aromatic heterocycles. The number of carbonyl (C=O) groups is 1. The molecule has 2 aliphatic heterocycles. The molecule has 3 heterocycles. The number of hydrogen-bond acceptors (Lipinski definition) is 6. The number of nitrogens with zero attached hydrogens (tertiary/aromatic N) is 3. The number of rotatable bonds is 3. The average Bonchev–Trinajstić information content (AvgIpc) is 3.34. The Bertz CT molecular complexity index is 1060. The molecule has 0 aliphatic carbocycles. The highest BCUT2D eigenvalue weighted by Crippen LogP contribution is 2.34. The van der Waals surface area contributed by atoms with E-state index in [1.165, 1.54) is 0 Å². The SMILES string of the molecule is Cc1ccc2nc(CN3CCN(C(=O)Nc4ccc5c(c4)OCO5)CC3)oc2c1. The molecule has 1 saturated heterocycles. The van der Waals surface area contributed by atoms with Crippen LogP contribution in [-0.2, 0) is 6.54 Å². The van der Waals surface area contributed by atoms with Crippen LogP contribution in [0.5, 0.6) is 11.5 Å². The quantitative estimate of drug-likeness (QED) is 0.735. The normalized spacial score (nSPS) is 16.4. The minimum Gasteiger partial charge on any atom is -0.454 e. The summed E-state index contributed by atoms with van der Waals surface area (Å²) in [5.74, 6) is 2.07. The molecule has 0 atom stereocenters. The van der Waals surface area contributed by atoms with Crippen molar-refractivity contribution in [3.63, 3.8) is 0 Å². The van der Waals surface area contributed by atoms with Crippen molar-refractivity contribution in [1.82, 2.24) is 14.8 Å². The number of nitrogens with one attached hydrogen (secondary N) is 1. The molecule has 8 nitrogen and oxygen atoms in total. The molecule has 8 heteroatoms. The predicted octanol–water partition coefficient (Wildman–Crippen LogP) is 3.21. The van der Waals surface area contributed by atoms with Gasteiger partial charge in [0.15, 0.2) is 17.1 Å². The van der Waals surface area contributed by atoms with E-state index in [1.807, 2.05) is 36.1 Å². The number of fused-ring (bicyclic) bond motifs is 2. The lowest BCUT2D eigenvalue weighted by Crippen LogP contribution is -2.49. The highest BCUT2D eigenvalue weighted by Gasteiger charge is 2.23. The van der Waals surface area contributed by atoms with E-state index in [2.05, 4.69) is 15.2 Å². The van der Waals surface area contributed by atoms with Gasteiger partial charge in [-0.3, -0.25) is 4.90 Å². The van der Waals surface area contributed by atoms with Gasteiger partial charge in [-0.25, -0.2) is 9.78 Å². The lowest BCUT2D eigenvalue weighted by molar-refractivity contribution is 0.136. The summed E-state index contributed by atoms with van der Waals surface area (Å²) in [6.07, 6.45) is 0. The number of hydrogen-bond donors (Lipinski definition) is 1. The molecule has 1 fully saturated rings. The van der Waals surface area contributed by atoms with Gasteiger partial charge in [0, 0.05) is 37.9 Å². The Labute approximate surface area is 168 Å². The standard InChI is InChI=1S/C21H22N4O4/c1-14-2-4-16-18(10-14)29-20(23-16)12-24-6-8-25(9-7-24)21(26)22-15-3-5-17-19(11-15)28-13-27-17/h2-5,10-11H,6-9,12-13H2,1H3,(H,22,26). The van der Waals surface area contributed by atoms with Gasteiger partial charge >= 0.3 is 6.03 Å². The molecule has 0 bridgehead atoms. The molecular formula is C21H22N4O4. The van der Waals surface area contributed by atoms with E-state index in [1.54, 1.807) is 12.1 Å². The summed E-state index contributed by atoms with van der Waals surface area (Å²) in [6.45, 7) is 5.74. The molecule has 2 amide bonds. The number of oxazole rings is 1. The zero-order chi connectivity index (χ0) is 19.8. The smallest absolute Gasteiger partial charge is 0.321 e. The van der Waals surface area contributed by atoms with Crippen LogP contribution in [0.2, 0.25) is 0 Å². The molecule has 0 spiro atoms. The van der Waals surface area contributed by atoms with E-state index in [-0.39, 0.29) is 12.8 Å².